The van der Waals surface area contributed by atoms with Gasteiger partial charge in [0.15, 0.2) is 6.61 Å². The molecule has 0 unspecified atom stereocenters. The summed E-state index contributed by atoms with van der Waals surface area (Å²) >= 11 is 4.49. The summed E-state index contributed by atoms with van der Waals surface area (Å²) in [7, 11) is 0. The number of Topliss-reactive ketones (excluding diaryl/α,β-unsaturated/α-hetero) is 1. The van der Waals surface area contributed by atoms with Crippen LogP contribution in [0.25, 0.3) is 0 Å². The first-order valence-electron chi connectivity index (χ1n) is 5.67. The van der Waals surface area contributed by atoms with E-state index in [4.69, 9.17) is 4.74 Å². The van der Waals surface area contributed by atoms with Crippen LogP contribution in [0, 0.1) is 10.1 Å². The van der Waals surface area contributed by atoms with Gasteiger partial charge in [0, 0.05) is 12.1 Å². The maximum atomic E-state index is 11.8. The highest BCUT2D eigenvalue weighted by Gasteiger charge is 2.14. The Bertz CT molecular complexity index is 695. The molecule has 0 aliphatic rings. The van der Waals surface area contributed by atoms with E-state index in [0.29, 0.717) is 4.88 Å². The highest BCUT2D eigenvalue weighted by atomic mass is 79.9. The molecule has 0 saturated heterocycles. The van der Waals surface area contributed by atoms with Crippen LogP contribution in [0.5, 0.6) is 0 Å². The Kier molecular flexibility index (Phi) is 4.81. The Morgan fingerprint density at radius 3 is 2.38 bits per heavy atom. The number of ether oxygens (including phenoxy) is 1. The number of esters is 1. The van der Waals surface area contributed by atoms with Crippen LogP contribution in [-0.4, -0.2) is 23.3 Å². The van der Waals surface area contributed by atoms with Crippen molar-refractivity contribution in [2.45, 2.75) is 0 Å². The molecule has 1 aromatic carbocycles. The molecule has 0 radical (unpaired) electrons. The number of nitro benzene ring substituents is 1. The number of ketones is 1. The second kappa shape index (κ2) is 6.59. The molecule has 0 saturated carbocycles. The normalized spacial score (nSPS) is 10.1. The molecule has 0 N–H and O–H groups in total. The molecule has 108 valence electrons. The highest BCUT2D eigenvalue weighted by molar-refractivity contribution is 9.11. The van der Waals surface area contributed by atoms with Gasteiger partial charge < -0.3 is 4.74 Å². The molecule has 2 aromatic rings. The van der Waals surface area contributed by atoms with Crippen molar-refractivity contribution >= 4 is 44.7 Å². The summed E-state index contributed by atoms with van der Waals surface area (Å²) in [5, 5.41) is 10.5. The lowest BCUT2D eigenvalue weighted by Gasteiger charge is -2.03. The monoisotopic (exact) mass is 369 g/mol. The van der Waals surface area contributed by atoms with Crippen molar-refractivity contribution in [3.05, 3.63) is 60.7 Å². The summed E-state index contributed by atoms with van der Waals surface area (Å²) in [6.07, 6.45) is 0. The van der Waals surface area contributed by atoms with E-state index in [-0.39, 0.29) is 23.6 Å². The van der Waals surface area contributed by atoms with Crippen LogP contribution >= 0.6 is 27.3 Å². The molecule has 0 fully saturated rings. The fourth-order valence-electron chi connectivity index (χ4n) is 1.47. The average Bonchev–Trinajstić information content (AvgIpc) is 2.91. The molecule has 2 rings (SSSR count). The van der Waals surface area contributed by atoms with Crippen molar-refractivity contribution in [2.24, 2.45) is 0 Å². The fourth-order valence-corrected chi connectivity index (χ4v) is 2.78. The van der Waals surface area contributed by atoms with Gasteiger partial charge in [-0.25, -0.2) is 4.79 Å². The molecule has 0 bridgehead atoms. The standard InChI is InChI=1S/C13H8BrNO5S/c14-12-6-5-11(21-12)10(16)7-20-13(17)8-1-3-9(4-2-8)15(18)19/h1-6H,7H2. The minimum absolute atomic E-state index is 0.119. The number of carbonyl (C=O) groups is 2. The zero-order chi connectivity index (χ0) is 15.4. The van der Waals surface area contributed by atoms with Gasteiger partial charge in [-0.2, -0.15) is 0 Å². The van der Waals surface area contributed by atoms with Crippen molar-refractivity contribution in [3.63, 3.8) is 0 Å². The number of benzene rings is 1. The third-order valence-electron chi connectivity index (χ3n) is 2.50. The van der Waals surface area contributed by atoms with Gasteiger partial charge >= 0.3 is 5.97 Å². The summed E-state index contributed by atoms with van der Waals surface area (Å²) < 4.78 is 5.70. The zero-order valence-corrected chi connectivity index (χ0v) is 12.8. The highest BCUT2D eigenvalue weighted by Crippen LogP contribution is 2.22. The molecule has 21 heavy (non-hydrogen) atoms. The van der Waals surface area contributed by atoms with Crippen LogP contribution in [0.15, 0.2) is 40.2 Å². The average molecular weight is 370 g/mol. The molecular weight excluding hydrogens is 362 g/mol. The third kappa shape index (κ3) is 3.96. The summed E-state index contributed by atoms with van der Waals surface area (Å²) in [6, 6.07) is 8.34. The van der Waals surface area contributed by atoms with Crippen LogP contribution < -0.4 is 0 Å². The number of non-ortho nitro benzene ring substituents is 1. The van der Waals surface area contributed by atoms with E-state index in [1.165, 1.54) is 35.6 Å². The van der Waals surface area contributed by atoms with E-state index in [1.54, 1.807) is 12.1 Å². The second-order valence-electron chi connectivity index (χ2n) is 3.91. The summed E-state index contributed by atoms with van der Waals surface area (Å²) in [5.41, 5.74) is 0.0341. The molecule has 0 amide bonds. The van der Waals surface area contributed by atoms with Gasteiger partial charge in [-0.15, -0.1) is 11.3 Å². The zero-order valence-electron chi connectivity index (χ0n) is 10.4. The smallest absolute Gasteiger partial charge is 0.338 e. The van der Waals surface area contributed by atoms with Crippen molar-refractivity contribution in [2.75, 3.05) is 6.61 Å². The molecule has 1 heterocycles. The van der Waals surface area contributed by atoms with E-state index >= 15 is 0 Å². The van der Waals surface area contributed by atoms with E-state index in [0.717, 1.165) is 3.79 Å². The van der Waals surface area contributed by atoms with E-state index in [1.807, 2.05) is 0 Å². The van der Waals surface area contributed by atoms with E-state index in [9.17, 15) is 19.7 Å². The maximum absolute atomic E-state index is 11.8. The Hall–Kier alpha value is -2.06. The molecular formula is C13H8BrNO5S. The Balaban J connectivity index is 1.95. The van der Waals surface area contributed by atoms with Gasteiger partial charge in [0.1, 0.15) is 0 Å². The molecule has 0 aliphatic carbocycles. The predicted octanol–water partition coefficient (Wildman–Crippen LogP) is 3.46. The first kappa shape index (κ1) is 15.3. The lowest BCUT2D eigenvalue weighted by molar-refractivity contribution is -0.384. The van der Waals surface area contributed by atoms with Crippen molar-refractivity contribution in [1.29, 1.82) is 0 Å². The lowest BCUT2D eigenvalue weighted by atomic mass is 10.2. The SMILES string of the molecule is O=C(OCC(=O)c1ccc(Br)s1)c1ccc([N+](=O)[O-])cc1. The predicted molar refractivity (Wildman–Crippen MR) is 79.7 cm³/mol. The minimum atomic E-state index is -0.700. The van der Waals surface area contributed by atoms with Crippen LogP contribution in [0.4, 0.5) is 5.69 Å². The minimum Gasteiger partial charge on any atom is -0.454 e. The molecule has 1 aromatic heterocycles. The van der Waals surface area contributed by atoms with Gasteiger partial charge in [-0.05, 0) is 40.2 Å². The Morgan fingerprint density at radius 2 is 1.86 bits per heavy atom. The molecule has 0 spiro atoms. The number of thiophene rings is 1. The lowest BCUT2D eigenvalue weighted by Crippen LogP contribution is -2.13. The number of rotatable bonds is 5. The summed E-state index contributed by atoms with van der Waals surface area (Å²) in [4.78, 5) is 33.9. The Morgan fingerprint density at radius 1 is 1.19 bits per heavy atom. The Labute approximate surface area is 131 Å². The second-order valence-corrected chi connectivity index (χ2v) is 6.37. The first-order valence-corrected chi connectivity index (χ1v) is 7.28. The number of hydrogen-bond acceptors (Lipinski definition) is 6. The van der Waals surface area contributed by atoms with Gasteiger partial charge in [0.05, 0.1) is 19.2 Å². The molecule has 0 aliphatic heterocycles. The first-order chi connectivity index (χ1) is 9.97. The van der Waals surface area contributed by atoms with Gasteiger partial charge in [-0.3, -0.25) is 14.9 Å². The van der Waals surface area contributed by atoms with Crippen molar-refractivity contribution < 1.29 is 19.2 Å². The number of hydrogen-bond donors (Lipinski definition) is 0. The van der Waals surface area contributed by atoms with Gasteiger partial charge in [0.2, 0.25) is 5.78 Å². The van der Waals surface area contributed by atoms with Crippen LogP contribution in [0.2, 0.25) is 0 Å². The quantitative estimate of drug-likeness (QED) is 0.348. The van der Waals surface area contributed by atoms with Crippen molar-refractivity contribution in [1.82, 2.24) is 0 Å². The number of carbonyl (C=O) groups excluding carboxylic acids is 2. The van der Waals surface area contributed by atoms with Crippen LogP contribution in [0.1, 0.15) is 20.0 Å². The number of halogens is 1. The van der Waals surface area contributed by atoms with Crippen molar-refractivity contribution in [3.8, 4) is 0 Å². The van der Waals surface area contributed by atoms with Crippen LogP contribution in [-0.2, 0) is 4.74 Å². The van der Waals surface area contributed by atoms with E-state index < -0.39 is 10.9 Å². The molecule has 8 heteroatoms. The van der Waals surface area contributed by atoms with Gasteiger partial charge in [-0.1, -0.05) is 0 Å². The maximum Gasteiger partial charge on any atom is 0.338 e. The number of nitro groups is 1. The number of nitrogens with zero attached hydrogens (tertiary/aromatic N) is 1. The topological polar surface area (TPSA) is 86.5 Å². The molecule has 6 nitrogen and oxygen atoms in total. The molecule has 0 atom stereocenters. The summed E-state index contributed by atoms with van der Waals surface area (Å²) in [5.74, 6) is -1.00. The third-order valence-corrected chi connectivity index (χ3v) is 4.16. The van der Waals surface area contributed by atoms with Gasteiger partial charge in [0.25, 0.3) is 5.69 Å². The largest absolute Gasteiger partial charge is 0.454 e. The fraction of sp³-hybridized carbons (Fsp3) is 0.0769. The van der Waals surface area contributed by atoms with E-state index in [2.05, 4.69) is 15.9 Å². The van der Waals surface area contributed by atoms with Crippen LogP contribution in [0.3, 0.4) is 0 Å². The summed E-state index contributed by atoms with van der Waals surface area (Å²) in [6.45, 7) is -0.372.